The molecule has 2 aliphatic heterocycles. The van der Waals surface area contributed by atoms with Crippen molar-refractivity contribution < 1.29 is 29.2 Å². The Morgan fingerprint density at radius 3 is 2.81 bits per heavy atom. The Morgan fingerprint density at radius 1 is 1.28 bits per heavy atom. The van der Waals surface area contributed by atoms with Crippen LogP contribution in [0.15, 0.2) is 36.4 Å². The molecule has 1 fully saturated rings. The molecule has 36 heavy (non-hydrogen) atoms. The van der Waals surface area contributed by atoms with Crippen molar-refractivity contribution >= 4 is 16.8 Å². The summed E-state index contributed by atoms with van der Waals surface area (Å²) in [6.07, 6.45) is -0.438. The zero-order chi connectivity index (χ0) is 25.6. The lowest BCUT2D eigenvalue weighted by Gasteiger charge is -2.43. The molecule has 5 rings (SSSR count). The van der Waals surface area contributed by atoms with E-state index in [0.717, 1.165) is 0 Å². The summed E-state index contributed by atoms with van der Waals surface area (Å²) < 4.78 is 20.7. The number of nitrogens with one attached hydrogen (secondary N) is 2. The number of ether oxygens (including phenoxy) is 1. The summed E-state index contributed by atoms with van der Waals surface area (Å²) in [6.45, 7) is 3.15. The highest BCUT2D eigenvalue weighted by Gasteiger charge is 2.60. The van der Waals surface area contributed by atoms with Crippen LogP contribution in [-0.2, 0) is 11.2 Å². The van der Waals surface area contributed by atoms with Crippen LogP contribution in [0.5, 0.6) is 11.5 Å². The number of carbonyl (C=O) groups is 1. The minimum Gasteiger partial charge on any atom is -0.508 e. The Labute approximate surface area is 208 Å². The molecule has 0 radical (unpaired) electrons. The monoisotopic (exact) mass is 498 g/mol. The summed E-state index contributed by atoms with van der Waals surface area (Å²) in [7, 11) is 1.41. The molecule has 10 heteroatoms. The van der Waals surface area contributed by atoms with Gasteiger partial charge < -0.3 is 35.3 Å². The number of methoxy groups -OCH3 is 1. The first-order chi connectivity index (χ1) is 17.3. The molecule has 3 aromatic rings. The summed E-state index contributed by atoms with van der Waals surface area (Å²) in [5.74, 6) is -0.583. The number of halogens is 1. The van der Waals surface area contributed by atoms with Crippen LogP contribution in [-0.4, -0.2) is 81.3 Å². The van der Waals surface area contributed by atoms with Crippen LogP contribution in [0, 0.1) is 5.82 Å². The largest absolute Gasteiger partial charge is 0.508 e. The Morgan fingerprint density at radius 2 is 2.08 bits per heavy atom. The number of H-pyrrole nitrogens is 1. The van der Waals surface area contributed by atoms with Crippen molar-refractivity contribution in [1.29, 1.82) is 0 Å². The highest BCUT2D eigenvalue weighted by atomic mass is 19.1. The van der Waals surface area contributed by atoms with Crippen molar-refractivity contribution in [2.75, 3.05) is 33.4 Å². The predicted molar refractivity (Wildman–Crippen MR) is 131 cm³/mol. The molecular formula is C26H31FN4O5. The van der Waals surface area contributed by atoms with Gasteiger partial charge in [-0.2, -0.15) is 0 Å². The number of amides is 1. The highest BCUT2D eigenvalue weighted by molar-refractivity contribution is 5.93. The van der Waals surface area contributed by atoms with Gasteiger partial charge in [-0.05, 0) is 55.3 Å². The Bertz CT molecular complexity index is 1300. The quantitative estimate of drug-likeness (QED) is 0.301. The molecule has 192 valence electrons. The van der Waals surface area contributed by atoms with Crippen LogP contribution in [0.2, 0.25) is 0 Å². The van der Waals surface area contributed by atoms with Gasteiger partial charge in [-0.25, -0.2) is 9.29 Å². The number of aromatic nitrogens is 1. The lowest BCUT2D eigenvalue weighted by Crippen LogP contribution is -2.54. The van der Waals surface area contributed by atoms with Crippen LogP contribution in [0.25, 0.3) is 10.9 Å². The van der Waals surface area contributed by atoms with Crippen molar-refractivity contribution in [3.05, 3.63) is 59.0 Å². The Kier molecular flexibility index (Phi) is 6.37. The number of aliphatic hydroxyl groups excluding tert-OH is 2. The van der Waals surface area contributed by atoms with Crippen molar-refractivity contribution in [3.8, 4) is 11.5 Å². The molecule has 5 N–H and O–H groups in total. The number of aliphatic hydroxyl groups is 2. The van der Waals surface area contributed by atoms with E-state index < -0.39 is 23.7 Å². The third kappa shape index (κ3) is 3.72. The number of hydrogen-bond donors (Lipinski definition) is 5. The van der Waals surface area contributed by atoms with Crippen LogP contribution >= 0.6 is 0 Å². The van der Waals surface area contributed by atoms with E-state index in [1.165, 1.54) is 12.0 Å². The molecule has 0 bridgehead atoms. The van der Waals surface area contributed by atoms with E-state index in [1.807, 2.05) is 6.07 Å². The number of hydrogen-bond acceptors (Lipinski definition) is 7. The molecule has 0 spiro atoms. The minimum absolute atomic E-state index is 0.0236. The first-order valence-electron chi connectivity index (χ1n) is 12.1. The van der Waals surface area contributed by atoms with Crippen LogP contribution in [0.3, 0.4) is 0 Å². The van der Waals surface area contributed by atoms with E-state index in [-0.39, 0.29) is 30.4 Å². The topological polar surface area (TPSA) is 121 Å². The molecule has 2 aliphatic rings. The van der Waals surface area contributed by atoms with Gasteiger partial charge in [0.2, 0.25) is 5.91 Å². The molecule has 0 saturated carbocycles. The second-order valence-electron chi connectivity index (χ2n) is 9.55. The maximum atomic E-state index is 15.5. The first-order valence-corrected chi connectivity index (χ1v) is 12.1. The van der Waals surface area contributed by atoms with Crippen LogP contribution in [0.1, 0.15) is 36.2 Å². The van der Waals surface area contributed by atoms with Gasteiger partial charge in [0, 0.05) is 36.1 Å². The molecule has 1 amide bonds. The molecule has 0 aliphatic carbocycles. The lowest BCUT2D eigenvalue weighted by atomic mass is 9.81. The molecule has 3 heterocycles. The van der Waals surface area contributed by atoms with Gasteiger partial charge in [-0.3, -0.25) is 4.79 Å². The van der Waals surface area contributed by atoms with E-state index in [0.29, 0.717) is 53.8 Å². The van der Waals surface area contributed by atoms with E-state index in [2.05, 4.69) is 10.3 Å². The molecule has 9 nitrogen and oxygen atoms in total. The average molecular weight is 499 g/mol. The Balaban J connectivity index is 1.63. The molecular weight excluding hydrogens is 467 g/mol. The van der Waals surface area contributed by atoms with E-state index in [9.17, 15) is 15.0 Å². The summed E-state index contributed by atoms with van der Waals surface area (Å²) in [6, 6.07) is 9.34. The van der Waals surface area contributed by atoms with Gasteiger partial charge >= 0.3 is 0 Å². The number of nitrogens with zero attached hydrogens (tertiary/aromatic N) is 2. The van der Waals surface area contributed by atoms with Crippen LogP contribution < -0.4 is 10.1 Å². The van der Waals surface area contributed by atoms with E-state index in [4.69, 9.17) is 9.84 Å². The first kappa shape index (κ1) is 24.5. The zero-order valence-corrected chi connectivity index (χ0v) is 20.3. The number of phenolic OH excluding ortho intramolecular Hbond substituents is 1. The predicted octanol–water partition coefficient (Wildman–Crippen LogP) is 1.82. The standard InChI is InChI=1S/C26H31FN4O5/c1-26-14-17-20-18(7-8-19(36-2)21(20)27)29-22(17)23(15-5-3-6-16(33)13-15)31(26)25(35)30(24(26)34)11-4-9-28-10-12-32/h3,5-8,13,23,25,28-29,32-33,35H,4,9-12,14H2,1-2H3/t23-,25?,26+/m1/s1. The van der Waals surface area contributed by atoms with Crippen molar-refractivity contribution in [1.82, 2.24) is 20.1 Å². The maximum Gasteiger partial charge on any atom is 0.246 e. The summed E-state index contributed by atoms with van der Waals surface area (Å²) in [5, 5.41) is 34.1. The van der Waals surface area contributed by atoms with Crippen molar-refractivity contribution in [2.45, 2.75) is 37.7 Å². The fourth-order valence-electron chi connectivity index (χ4n) is 5.70. The number of benzene rings is 2. The number of rotatable bonds is 8. The van der Waals surface area contributed by atoms with Gasteiger partial charge in [0.15, 0.2) is 17.9 Å². The third-order valence-corrected chi connectivity index (χ3v) is 7.34. The number of aromatic amines is 1. The van der Waals surface area contributed by atoms with Crippen LogP contribution in [0.4, 0.5) is 4.39 Å². The second-order valence-corrected chi connectivity index (χ2v) is 9.55. The molecule has 1 saturated heterocycles. The zero-order valence-electron chi connectivity index (χ0n) is 20.3. The second kappa shape index (κ2) is 9.36. The number of carbonyl (C=O) groups excluding carboxylic acids is 1. The van der Waals surface area contributed by atoms with E-state index >= 15 is 4.39 Å². The summed E-state index contributed by atoms with van der Waals surface area (Å²) in [5.41, 5.74) is 1.41. The normalized spacial score (nSPS) is 23.8. The van der Waals surface area contributed by atoms with Gasteiger partial charge in [0.05, 0.1) is 19.8 Å². The highest BCUT2D eigenvalue weighted by Crippen LogP contribution is 2.50. The molecule has 1 aromatic heterocycles. The molecule has 2 aromatic carbocycles. The fraction of sp³-hybridized carbons (Fsp3) is 0.423. The summed E-state index contributed by atoms with van der Waals surface area (Å²) in [4.78, 5) is 20.3. The van der Waals surface area contributed by atoms with Gasteiger partial charge in [-0.15, -0.1) is 0 Å². The smallest absolute Gasteiger partial charge is 0.246 e. The summed E-state index contributed by atoms with van der Waals surface area (Å²) >= 11 is 0. The maximum absolute atomic E-state index is 15.5. The average Bonchev–Trinajstić information content (AvgIpc) is 3.31. The molecule has 1 unspecified atom stereocenters. The van der Waals surface area contributed by atoms with E-state index in [1.54, 1.807) is 42.2 Å². The lowest BCUT2D eigenvalue weighted by molar-refractivity contribution is -0.136. The Hall–Kier alpha value is -3.18. The molecule has 3 atom stereocenters. The fourth-order valence-corrected chi connectivity index (χ4v) is 5.70. The number of fused-ring (bicyclic) bond motifs is 4. The van der Waals surface area contributed by atoms with Gasteiger partial charge in [0.1, 0.15) is 11.3 Å². The van der Waals surface area contributed by atoms with Crippen molar-refractivity contribution in [2.24, 2.45) is 0 Å². The third-order valence-electron chi connectivity index (χ3n) is 7.34. The SMILES string of the molecule is COc1ccc2[nH]c3c(c2c1F)C[C@@]1(C)C(=O)N(CCCNCCO)C(O)N1[C@@H]3c1cccc(O)c1. The van der Waals surface area contributed by atoms with Gasteiger partial charge in [-0.1, -0.05) is 12.1 Å². The minimum atomic E-state index is -1.22. The number of aromatic hydroxyl groups is 1. The van der Waals surface area contributed by atoms with Crippen molar-refractivity contribution in [3.63, 3.8) is 0 Å². The van der Waals surface area contributed by atoms with Gasteiger partial charge in [0.25, 0.3) is 0 Å². The number of phenols is 1.